The maximum absolute atomic E-state index is 10.6. The normalized spacial score (nSPS) is 12.1. The highest BCUT2D eigenvalue weighted by atomic mass is 79.9. The van der Waals surface area contributed by atoms with Gasteiger partial charge >= 0.3 is 0 Å². The first-order valence-corrected chi connectivity index (χ1v) is 6.04. The van der Waals surface area contributed by atoms with E-state index in [0.29, 0.717) is 18.9 Å². The SMILES string of the molecule is C[C@@H](CCC(N)=O)COc1cccc(Br)c1. The van der Waals surface area contributed by atoms with Gasteiger partial charge in [0.25, 0.3) is 0 Å². The Bertz CT molecular complexity index is 355. The molecule has 0 aliphatic rings. The number of benzene rings is 1. The summed E-state index contributed by atoms with van der Waals surface area (Å²) in [5.74, 6) is 0.904. The second kappa shape index (κ2) is 6.53. The number of ether oxygens (including phenoxy) is 1. The van der Waals surface area contributed by atoms with Gasteiger partial charge in [0, 0.05) is 10.9 Å². The highest BCUT2D eigenvalue weighted by Gasteiger charge is 2.05. The van der Waals surface area contributed by atoms with Gasteiger partial charge in [0.1, 0.15) is 5.75 Å². The quantitative estimate of drug-likeness (QED) is 0.874. The zero-order valence-electron chi connectivity index (χ0n) is 9.28. The average Bonchev–Trinajstić information content (AvgIpc) is 2.23. The molecule has 1 amide bonds. The van der Waals surface area contributed by atoms with Crippen LogP contribution in [0.25, 0.3) is 0 Å². The summed E-state index contributed by atoms with van der Waals surface area (Å²) in [4.78, 5) is 10.6. The van der Waals surface area contributed by atoms with Crippen LogP contribution in [0, 0.1) is 5.92 Å². The smallest absolute Gasteiger partial charge is 0.217 e. The van der Waals surface area contributed by atoms with Crippen LogP contribution in [0.3, 0.4) is 0 Å². The van der Waals surface area contributed by atoms with Gasteiger partial charge in [-0.3, -0.25) is 4.79 Å². The van der Waals surface area contributed by atoms with E-state index in [1.807, 2.05) is 31.2 Å². The van der Waals surface area contributed by atoms with Gasteiger partial charge in [0.15, 0.2) is 0 Å². The Morgan fingerprint density at radius 3 is 2.94 bits per heavy atom. The second-order valence-electron chi connectivity index (χ2n) is 3.88. The number of carbonyl (C=O) groups excluding carboxylic acids is 1. The lowest BCUT2D eigenvalue weighted by Gasteiger charge is -2.12. The summed E-state index contributed by atoms with van der Waals surface area (Å²) in [5.41, 5.74) is 5.08. The average molecular weight is 286 g/mol. The van der Waals surface area contributed by atoms with E-state index in [2.05, 4.69) is 15.9 Å². The molecule has 0 aliphatic heterocycles. The van der Waals surface area contributed by atoms with Crippen LogP contribution in [0.1, 0.15) is 19.8 Å². The largest absolute Gasteiger partial charge is 0.493 e. The summed E-state index contributed by atoms with van der Waals surface area (Å²) < 4.78 is 6.59. The summed E-state index contributed by atoms with van der Waals surface area (Å²) >= 11 is 3.38. The van der Waals surface area contributed by atoms with Crippen molar-refractivity contribution in [3.63, 3.8) is 0 Å². The fraction of sp³-hybridized carbons (Fsp3) is 0.417. The maximum atomic E-state index is 10.6. The summed E-state index contributed by atoms with van der Waals surface area (Å²) in [6, 6.07) is 7.70. The molecule has 0 aromatic heterocycles. The first-order chi connectivity index (χ1) is 7.58. The lowest BCUT2D eigenvalue weighted by atomic mass is 10.1. The Morgan fingerprint density at radius 1 is 1.56 bits per heavy atom. The molecule has 0 heterocycles. The van der Waals surface area contributed by atoms with E-state index >= 15 is 0 Å². The van der Waals surface area contributed by atoms with E-state index in [-0.39, 0.29) is 5.91 Å². The number of nitrogens with two attached hydrogens (primary N) is 1. The van der Waals surface area contributed by atoms with Gasteiger partial charge in [-0.1, -0.05) is 28.9 Å². The van der Waals surface area contributed by atoms with Crippen LogP contribution < -0.4 is 10.5 Å². The Kier molecular flexibility index (Phi) is 5.32. The molecule has 0 saturated heterocycles. The van der Waals surface area contributed by atoms with Gasteiger partial charge < -0.3 is 10.5 Å². The number of hydrogen-bond acceptors (Lipinski definition) is 2. The van der Waals surface area contributed by atoms with Crippen molar-refractivity contribution in [3.8, 4) is 5.75 Å². The van der Waals surface area contributed by atoms with Crippen LogP contribution in [0.4, 0.5) is 0 Å². The molecule has 4 heteroatoms. The van der Waals surface area contributed by atoms with Crippen LogP contribution >= 0.6 is 15.9 Å². The lowest BCUT2D eigenvalue weighted by molar-refractivity contribution is -0.118. The summed E-state index contributed by atoms with van der Waals surface area (Å²) in [6.45, 7) is 2.64. The maximum Gasteiger partial charge on any atom is 0.217 e. The standard InChI is InChI=1S/C12H16BrNO2/c1-9(5-6-12(14)15)8-16-11-4-2-3-10(13)7-11/h2-4,7,9H,5-6,8H2,1H3,(H2,14,15)/t9-/m0/s1. The molecule has 0 unspecified atom stereocenters. The topological polar surface area (TPSA) is 52.3 Å². The molecular formula is C12H16BrNO2. The predicted octanol–water partition coefficient (Wildman–Crippen LogP) is 2.73. The van der Waals surface area contributed by atoms with Crippen LogP contribution in [-0.2, 0) is 4.79 Å². The van der Waals surface area contributed by atoms with E-state index in [0.717, 1.165) is 16.6 Å². The Hall–Kier alpha value is -1.03. The first kappa shape index (κ1) is 13.0. The third-order valence-corrected chi connectivity index (χ3v) is 2.71. The molecule has 88 valence electrons. The van der Waals surface area contributed by atoms with Crippen LogP contribution in [0.5, 0.6) is 5.75 Å². The third kappa shape index (κ3) is 5.16. The zero-order valence-corrected chi connectivity index (χ0v) is 10.9. The minimum absolute atomic E-state index is 0.255. The molecule has 1 aromatic rings. The van der Waals surface area contributed by atoms with E-state index in [4.69, 9.17) is 10.5 Å². The molecule has 0 bridgehead atoms. The van der Waals surface area contributed by atoms with E-state index in [1.165, 1.54) is 0 Å². The molecule has 0 aliphatic carbocycles. The molecular weight excluding hydrogens is 270 g/mol. The van der Waals surface area contributed by atoms with Crippen molar-refractivity contribution in [2.75, 3.05) is 6.61 Å². The fourth-order valence-electron chi connectivity index (χ4n) is 1.27. The predicted molar refractivity (Wildman–Crippen MR) is 67.2 cm³/mol. The van der Waals surface area contributed by atoms with Crippen molar-refractivity contribution in [2.45, 2.75) is 19.8 Å². The Balaban J connectivity index is 2.31. The summed E-state index contributed by atoms with van der Waals surface area (Å²) in [7, 11) is 0. The monoisotopic (exact) mass is 285 g/mol. The molecule has 0 radical (unpaired) electrons. The molecule has 1 aromatic carbocycles. The van der Waals surface area contributed by atoms with Gasteiger partial charge in [-0.05, 0) is 30.5 Å². The highest BCUT2D eigenvalue weighted by Crippen LogP contribution is 2.18. The second-order valence-corrected chi connectivity index (χ2v) is 4.79. The van der Waals surface area contributed by atoms with Crippen molar-refractivity contribution in [2.24, 2.45) is 11.7 Å². The number of halogens is 1. The van der Waals surface area contributed by atoms with Gasteiger partial charge in [0.05, 0.1) is 6.61 Å². The van der Waals surface area contributed by atoms with Crippen molar-refractivity contribution < 1.29 is 9.53 Å². The van der Waals surface area contributed by atoms with Gasteiger partial charge in [0.2, 0.25) is 5.91 Å². The van der Waals surface area contributed by atoms with Crippen LogP contribution in [-0.4, -0.2) is 12.5 Å². The highest BCUT2D eigenvalue weighted by molar-refractivity contribution is 9.10. The number of carbonyl (C=O) groups is 1. The molecule has 0 spiro atoms. The van der Waals surface area contributed by atoms with Crippen LogP contribution in [0.2, 0.25) is 0 Å². The number of amides is 1. The van der Waals surface area contributed by atoms with Crippen molar-refractivity contribution in [1.29, 1.82) is 0 Å². The van der Waals surface area contributed by atoms with Gasteiger partial charge in [-0.25, -0.2) is 0 Å². The van der Waals surface area contributed by atoms with E-state index in [9.17, 15) is 4.79 Å². The van der Waals surface area contributed by atoms with Gasteiger partial charge in [-0.2, -0.15) is 0 Å². The summed E-state index contributed by atoms with van der Waals surface area (Å²) in [5, 5.41) is 0. The molecule has 16 heavy (non-hydrogen) atoms. The summed E-state index contributed by atoms with van der Waals surface area (Å²) in [6.07, 6.45) is 1.19. The molecule has 0 fully saturated rings. The minimum atomic E-state index is -0.255. The molecule has 2 N–H and O–H groups in total. The minimum Gasteiger partial charge on any atom is -0.493 e. The Labute approximate surface area is 104 Å². The van der Waals surface area contributed by atoms with E-state index < -0.39 is 0 Å². The fourth-order valence-corrected chi connectivity index (χ4v) is 1.65. The molecule has 3 nitrogen and oxygen atoms in total. The molecule has 0 saturated carbocycles. The van der Waals surface area contributed by atoms with E-state index in [1.54, 1.807) is 0 Å². The lowest BCUT2D eigenvalue weighted by Crippen LogP contribution is -2.15. The van der Waals surface area contributed by atoms with Crippen molar-refractivity contribution in [3.05, 3.63) is 28.7 Å². The molecule has 1 rings (SSSR count). The number of rotatable bonds is 6. The molecule has 1 atom stereocenters. The Morgan fingerprint density at radius 2 is 2.31 bits per heavy atom. The van der Waals surface area contributed by atoms with Crippen LogP contribution in [0.15, 0.2) is 28.7 Å². The first-order valence-electron chi connectivity index (χ1n) is 5.24. The van der Waals surface area contributed by atoms with Crippen molar-refractivity contribution in [1.82, 2.24) is 0 Å². The number of hydrogen-bond donors (Lipinski definition) is 1. The third-order valence-electron chi connectivity index (χ3n) is 2.21. The number of primary amides is 1. The van der Waals surface area contributed by atoms with Gasteiger partial charge in [-0.15, -0.1) is 0 Å². The zero-order chi connectivity index (χ0) is 12.0. The van der Waals surface area contributed by atoms with Crippen molar-refractivity contribution >= 4 is 21.8 Å².